The Bertz CT molecular complexity index is 1000. The van der Waals surface area contributed by atoms with Crippen LogP contribution in [0.3, 0.4) is 0 Å². The summed E-state index contributed by atoms with van der Waals surface area (Å²) in [6.07, 6.45) is 5.51. The van der Waals surface area contributed by atoms with Crippen LogP contribution in [0, 0.1) is 0 Å². The zero-order chi connectivity index (χ0) is 20.5. The standard InChI is InChI=1S/C23H27ClN4OS/c24-18-5-3-16(4-6-18)7-11-27-12-8-17(9-13-27)22-25-26-23-20-14-19(15-29)30-21(20)2-1-10-28(22)23/h3-6,14,17,29H,1-2,7-13,15H2. The minimum Gasteiger partial charge on any atom is -0.391 e. The predicted octanol–water partition coefficient (Wildman–Crippen LogP) is 4.52. The molecule has 30 heavy (non-hydrogen) atoms. The third kappa shape index (κ3) is 4.06. The SMILES string of the molecule is OCc1cc2c(s1)CCCn1c-2nnc1C1CCN(CCc2ccc(Cl)cc2)CC1. The molecule has 5 nitrogen and oxygen atoms in total. The van der Waals surface area contributed by atoms with Crippen LogP contribution in [-0.4, -0.2) is 44.4 Å². The molecule has 1 fully saturated rings. The van der Waals surface area contributed by atoms with Crippen LogP contribution < -0.4 is 0 Å². The van der Waals surface area contributed by atoms with E-state index >= 15 is 0 Å². The molecule has 0 saturated carbocycles. The first-order chi connectivity index (χ1) is 14.7. The molecule has 2 aromatic heterocycles. The lowest BCUT2D eigenvalue weighted by molar-refractivity contribution is 0.209. The Kier molecular flexibility index (Phi) is 5.92. The van der Waals surface area contributed by atoms with Crippen molar-refractivity contribution in [1.29, 1.82) is 0 Å². The van der Waals surface area contributed by atoms with Crippen LogP contribution in [0.4, 0.5) is 0 Å². The fraction of sp³-hybridized carbons (Fsp3) is 0.478. The zero-order valence-corrected chi connectivity index (χ0v) is 18.6. The number of piperidine rings is 1. The van der Waals surface area contributed by atoms with Crippen LogP contribution in [0.2, 0.25) is 5.02 Å². The summed E-state index contributed by atoms with van der Waals surface area (Å²) in [5.41, 5.74) is 2.53. The molecule has 1 saturated heterocycles. The van der Waals surface area contributed by atoms with Gasteiger partial charge in [-0.15, -0.1) is 21.5 Å². The van der Waals surface area contributed by atoms with Gasteiger partial charge in [0.1, 0.15) is 5.82 Å². The second kappa shape index (κ2) is 8.79. The van der Waals surface area contributed by atoms with E-state index in [1.807, 2.05) is 12.1 Å². The molecule has 0 atom stereocenters. The molecule has 0 amide bonds. The number of likely N-dealkylation sites (tertiary alicyclic amines) is 1. The van der Waals surface area contributed by atoms with Crippen molar-refractivity contribution in [2.24, 2.45) is 0 Å². The van der Waals surface area contributed by atoms with Gasteiger partial charge in [-0.1, -0.05) is 23.7 Å². The van der Waals surface area contributed by atoms with E-state index in [1.165, 1.54) is 16.0 Å². The minimum absolute atomic E-state index is 0.104. The highest BCUT2D eigenvalue weighted by Crippen LogP contribution is 2.37. The fourth-order valence-electron chi connectivity index (χ4n) is 4.72. The Balaban J connectivity index is 1.24. The molecule has 7 heteroatoms. The number of aliphatic hydroxyl groups excluding tert-OH is 1. The number of nitrogens with zero attached hydrogens (tertiary/aromatic N) is 4. The Morgan fingerprint density at radius 2 is 1.90 bits per heavy atom. The normalized spacial score (nSPS) is 17.5. The topological polar surface area (TPSA) is 54.2 Å². The molecule has 1 N–H and O–H groups in total. The average Bonchev–Trinajstić information content (AvgIpc) is 3.34. The van der Waals surface area contributed by atoms with Crippen molar-refractivity contribution in [2.45, 2.75) is 51.2 Å². The fourth-order valence-corrected chi connectivity index (χ4v) is 5.92. The van der Waals surface area contributed by atoms with Crippen LogP contribution >= 0.6 is 22.9 Å². The van der Waals surface area contributed by atoms with Crippen molar-refractivity contribution in [3.63, 3.8) is 0 Å². The zero-order valence-electron chi connectivity index (χ0n) is 17.1. The van der Waals surface area contributed by atoms with Crippen LogP contribution in [0.15, 0.2) is 30.3 Å². The molecule has 0 unspecified atom stereocenters. The summed E-state index contributed by atoms with van der Waals surface area (Å²) in [5.74, 6) is 2.64. The monoisotopic (exact) mass is 442 g/mol. The third-order valence-electron chi connectivity index (χ3n) is 6.40. The van der Waals surface area contributed by atoms with Crippen molar-refractivity contribution in [3.8, 4) is 11.4 Å². The van der Waals surface area contributed by atoms with Gasteiger partial charge in [-0.25, -0.2) is 0 Å². The lowest BCUT2D eigenvalue weighted by atomic mass is 9.95. The summed E-state index contributed by atoms with van der Waals surface area (Å²) >= 11 is 7.71. The highest BCUT2D eigenvalue weighted by molar-refractivity contribution is 7.12. The number of hydrogen-bond acceptors (Lipinski definition) is 5. The van der Waals surface area contributed by atoms with E-state index in [1.54, 1.807) is 11.3 Å². The first kappa shape index (κ1) is 20.2. The molecule has 5 rings (SSSR count). The first-order valence-electron chi connectivity index (χ1n) is 10.8. The maximum Gasteiger partial charge on any atom is 0.165 e. The van der Waals surface area contributed by atoms with Crippen LogP contribution in [0.25, 0.3) is 11.4 Å². The number of halogens is 1. The smallest absolute Gasteiger partial charge is 0.165 e. The van der Waals surface area contributed by atoms with Gasteiger partial charge >= 0.3 is 0 Å². The summed E-state index contributed by atoms with van der Waals surface area (Å²) in [7, 11) is 0. The highest BCUT2D eigenvalue weighted by atomic mass is 35.5. The second-order valence-corrected chi connectivity index (χ2v) is 9.99. The molecule has 4 heterocycles. The molecule has 2 aliphatic rings. The van der Waals surface area contributed by atoms with Gasteiger partial charge in [0.25, 0.3) is 0 Å². The quantitative estimate of drug-likeness (QED) is 0.631. The van der Waals surface area contributed by atoms with E-state index < -0.39 is 0 Å². The maximum atomic E-state index is 9.52. The molecule has 158 valence electrons. The Morgan fingerprint density at radius 3 is 2.67 bits per heavy atom. The van der Waals surface area contributed by atoms with Crippen molar-refractivity contribution in [1.82, 2.24) is 19.7 Å². The van der Waals surface area contributed by atoms with E-state index in [-0.39, 0.29) is 6.61 Å². The van der Waals surface area contributed by atoms with E-state index in [0.29, 0.717) is 5.92 Å². The van der Waals surface area contributed by atoms with Crippen molar-refractivity contribution in [2.75, 3.05) is 19.6 Å². The third-order valence-corrected chi connectivity index (χ3v) is 7.84. The van der Waals surface area contributed by atoms with Gasteiger partial charge in [0.2, 0.25) is 0 Å². The van der Waals surface area contributed by atoms with Crippen LogP contribution in [0.1, 0.15) is 46.3 Å². The number of thiophene rings is 1. The van der Waals surface area contributed by atoms with E-state index in [4.69, 9.17) is 11.6 Å². The molecule has 2 aliphatic heterocycles. The van der Waals surface area contributed by atoms with Gasteiger partial charge in [0.05, 0.1) is 6.61 Å². The van der Waals surface area contributed by atoms with Gasteiger partial charge in [0, 0.05) is 39.3 Å². The maximum absolute atomic E-state index is 9.52. The minimum atomic E-state index is 0.104. The summed E-state index contributed by atoms with van der Waals surface area (Å²) in [6.45, 7) is 4.41. The molecule has 0 aliphatic carbocycles. The number of aromatic nitrogens is 3. The van der Waals surface area contributed by atoms with Gasteiger partial charge in [0.15, 0.2) is 5.82 Å². The molecule has 3 aromatic rings. The number of hydrogen-bond donors (Lipinski definition) is 1. The number of rotatable bonds is 5. The van der Waals surface area contributed by atoms with Gasteiger partial charge in [-0.3, -0.25) is 0 Å². The van der Waals surface area contributed by atoms with Gasteiger partial charge in [-0.2, -0.15) is 0 Å². The highest BCUT2D eigenvalue weighted by Gasteiger charge is 2.28. The van der Waals surface area contributed by atoms with Crippen molar-refractivity contribution >= 4 is 22.9 Å². The predicted molar refractivity (Wildman–Crippen MR) is 121 cm³/mol. The second-order valence-electron chi connectivity index (χ2n) is 8.34. The summed E-state index contributed by atoms with van der Waals surface area (Å²) in [6, 6.07) is 10.3. The number of aliphatic hydroxyl groups is 1. The molecular formula is C23H27ClN4OS. The largest absolute Gasteiger partial charge is 0.391 e. The lowest BCUT2D eigenvalue weighted by Crippen LogP contribution is -2.35. The van der Waals surface area contributed by atoms with Crippen molar-refractivity contribution in [3.05, 3.63) is 56.5 Å². The summed E-state index contributed by atoms with van der Waals surface area (Å²) < 4.78 is 2.35. The Labute approximate surface area is 186 Å². The number of fused-ring (bicyclic) bond motifs is 3. The molecule has 0 spiro atoms. The van der Waals surface area contributed by atoms with Crippen LogP contribution in [-0.2, 0) is 26.0 Å². The van der Waals surface area contributed by atoms with E-state index in [2.05, 4.69) is 37.9 Å². The Hall–Kier alpha value is -1.73. The number of benzene rings is 1. The first-order valence-corrected chi connectivity index (χ1v) is 12.0. The van der Waals surface area contributed by atoms with Gasteiger partial charge < -0.3 is 14.6 Å². The molecule has 1 aromatic carbocycles. The van der Waals surface area contributed by atoms with Crippen LogP contribution in [0.5, 0.6) is 0 Å². The lowest BCUT2D eigenvalue weighted by Gasteiger charge is -2.31. The molecular weight excluding hydrogens is 416 g/mol. The molecule has 0 radical (unpaired) electrons. The van der Waals surface area contributed by atoms with E-state index in [0.717, 1.165) is 79.8 Å². The Morgan fingerprint density at radius 1 is 1.10 bits per heavy atom. The summed E-state index contributed by atoms with van der Waals surface area (Å²) in [4.78, 5) is 4.93. The average molecular weight is 443 g/mol. The van der Waals surface area contributed by atoms with Gasteiger partial charge in [-0.05, 0) is 69.0 Å². The van der Waals surface area contributed by atoms with E-state index in [9.17, 15) is 5.11 Å². The number of aryl methyl sites for hydroxylation is 1. The van der Waals surface area contributed by atoms with Crippen molar-refractivity contribution < 1.29 is 5.11 Å². The molecule has 0 bridgehead atoms. The summed E-state index contributed by atoms with van der Waals surface area (Å²) in [5, 5.41) is 19.6.